The lowest BCUT2D eigenvalue weighted by molar-refractivity contribution is -0.177. The highest BCUT2D eigenvalue weighted by atomic mass is 19.4. The van der Waals surface area contributed by atoms with Crippen LogP contribution in [-0.2, 0) is 11.0 Å². The Hall–Kier alpha value is -3.47. The molecule has 1 amide bonds. The molecular formula is C43H50F3N3O4. The van der Waals surface area contributed by atoms with Gasteiger partial charge >= 0.3 is 6.18 Å². The lowest BCUT2D eigenvalue weighted by Gasteiger charge is -2.71. The highest BCUT2D eigenvalue weighted by Gasteiger charge is 2.74. The summed E-state index contributed by atoms with van der Waals surface area (Å²) in [5, 5.41) is 27.0. The maximum Gasteiger partial charge on any atom is 0.416 e. The van der Waals surface area contributed by atoms with Crippen LogP contribution in [0.3, 0.4) is 0 Å². The second-order valence-electron chi connectivity index (χ2n) is 18.0. The average Bonchev–Trinajstić information content (AvgIpc) is 3.60. The Labute approximate surface area is 309 Å². The summed E-state index contributed by atoms with van der Waals surface area (Å²) in [7, 11) is 0. The molecule has 2 aromatic rings. The van der Waals surface area contributed by atoms with Crippen molar-refractivity contribution in [2.45, 2.75) is 95.1 Å². The van der Waals surface area contributed by atoms with Crippen LogP contribution in [0.1, 0.15) is 87.6 Å². The summed E-state index contributed by atoms with van der Waals surface area (Å²) < 4.78 is 41.7. The van der Waals surface area contributed by atoms with E-state index >= 15 is 0 Å². The molecule has 0 radical (unpaired) electrons. The quantitative estimate of drug-likeness (QED) is 0.229. The molecule has 3 N–H and O–H groups in total. The molecule has 2 heterocycles. The first-order valence-corrected chi connectivity index (χ1v) is 19.5. The third kappa shape index (κ3) is 4.70. The summed E-state index contributed by atoms with van der Waals surface area (Å²) >= 11 is 0. The molecule has 8 aliphatic rings. The molecule has 10 rings (SSSR count). The maximum absolute atomic E-state index is 14.8. The third-order valence-corrected chi connectivity index (χ3v) is 16.0. The zero-order valence-corrected chi connectivity index (χ0v) is 30.6. The van der Waals surface area contributed by atoms with E-state index in [1.807, 2.05) is 36.4 Å². The van der Waals surface area contributed by atoms with Crippen molar-refractivity contribution >= 4 is 17.4 Å². The number of benzene rings is 2. The zero-order chi connectivity index (χ0) is 37.2. The number of para-hydroxylation sites is 1. The second kappa shape index (κ2) is 11.5. The van der Waals surface area contributed by atoms with Gasteiger partial charge in [0.05, 0.1) is 23.9 Å². The van der Waals surface area contributed by atoms with E-state index in [1.165, 1.54) is 12.1 Å². The Morgan fingerprint density at radius 2 is 1.60 bits per heavy atom. The van der Waals surface area contributed by atoms with Gasteiger partial charge in [-0.1, -0.05) is 62.4 Å². The summed E-state index contributed by atoms with van der Waals surface area (Å²) in [5.41, 5.74) is -3.10. The molecule has 282 valence electrons. The summed E-state index contributed by atoms with van der Waals surface area (Å²) in [6, 6.07) is 14.8. The van der Waals surface area contributed by atoms with Crippen molar-refractivity contribution in [1.29, 1.82) is 0 Å². The van der Waals surface area contributed by atoms with Crippen molar-refractivity contribution in [1.82, 2.24) is 10.2 Å². The third-order valence-electron chi connectivity index (χ3n) is 16.0. The number of allylic oxidation sites excluding steroid dienone is 4. The monoisotopic (exact) mass is 729 g/mol. The molecule has 0 aromatic heterocycles. The van der Waals surface area contributed by atoms with Gasteiger partial charge in [0.25, 0.3) is 0 Å². The number of ketones is 1. The first-order chi connectivity index (χ1) is 25.1. The van der Waals surface area contributed by atoms with Gasteiger partial charge in [0.15, 0.2) is 5.78 Å². The molecule has 7 nitrogen and oxygen atoms in total. The van der Waals surface area contributed by atoms with E-state index in [4.69, 9.17) is 0 Å². The molecule has 6 aliphatic carbocycles. The van der Waals surface area contributed by atoms with Crippen molar-refractivity contribution in [3.8, 4) is 0 Å². The molecule has 3 saturated carbocycles. The first kappa shape index (κ1) is 35.2. The van der Waals surface area contributed by atoms with Crippen molar-refractivity contribution < 1.29 is 33.0 Å². The van der Waals surface area contributed by atoms with Crippen LogP contribution < -0.4 is 10.2 Å². The lowest BCUT2D eigenvalue weighted by atomic mass is 9.32. The average molecular weight is 730 g/mol. The normalized spacial score (nSPS) is 40.1. The number of piperidine rings is 1. The van der Waals surface area contributed by atoms with Gasteiger partial charge in [-0.05, 0) is 99.3 Å². The molecule has 53 heavy (non-hydrogen) atoms. The number of anilines is 1. The van der Waals surface area contributed by atoms with Crippen LogP contribution >= 0.6 is 0 Å². The van der Waals surface area contributed by atoms with E-state index in [9.17, 15) is 33.0 Å². The van der Waals surface area contributed by atoms with Crippen LogP contribution in [0.5, 0.6) is 0 Å². The van der Waals surface area contributed by atoms with Gasteiger partial charge in [0.1, 0.15) is 5.54 Å². The summed E-state index contributed by atoms with van der Waals surface area (Å²) in [6.45, 7) is 6.74. The SMILES string of the molecule is CC12CCC(O)CC13C=CC1(C(C(=O)c4cccc(C(F)(F)F)c4)=C3)C2CCC2(C)C1CCC2(O)CN1CCC2(CC1)C(=O)NCN2c1ccccc1. The Kier molecular flexibility index (Phi) is 7.66. The number of nitrogens with zero attached hydrogens (tertiary/aromatic N) is 2. The van der Waals surface area contributed by atoms with Crippen molar-refractivity contribution in [3.63, 3.8) is 0 Å². The number of carbonyl (C=O) groups excluding carboxylic acids is 2. The Morgan fingerprint density at radius 3 is 2.34 bits per heavy atom. The summed E-state index contributed by atoms with van der Waals surface area (Å²) in [6.07, 6.45) is 7.39. The van der Waals surface area contributed by atoms with E-state index < -0.39 is 45.2 Å². The van der Waals surface area contributed by atoms with Gasteiger partial charge in [-0.15, -0.1) is 0 Å². The minimum Gasteiger partial charge on any atom is -0.393 e. The minimum absolute atomic E-state index is 0.0258. The molecule has 2 saturated heterocycles. The smallest absolute Gasteiger partial charge is 0.393 e. The number of aliphatic hydroxyl groups is 2. The minimum atomic E-state index is -4.58. The van der Waals surface area contributed by atoms with E-state index in [0.717, 1.165) is 37.1 Å². The van der Waals surface area contributed by atoms with Crippen LogP contribution in [0.25, 0.3) is 0 Å². The number of likely N-dealkylation sites (tertiary alicyclic amines) is 1. The highest BCUT2D eigenvalue weighted by molar-refractivity contribution is 6.10. The summed E-state index contributed by atoms with van der Waals surface area (Å²) in [4.78, 5) is 32.7. The maximum atomic E-state index is 14.8. The van der Waals surface area contributed by atoms with Gasteiger partial charge in [-0.2, -0.15) is 13.2 Å². The van der Waals surface area contributed by atoms with Gasteiger partial charge in [0, 0.05) is 52.7 Å². The van der Waals surface area contributed by atoms with Gasteiger partial charge < -0.3 is 25.3 Å². The number of halogens is 3. The number of carbonyl (C=O) groups is 2. The predicted octanol–water partition coefficient (Wildman–Crippen LogP) is 6.91. The Morgan fingerprint density at radius 1 is 0.906 bits per heavy atom. The first-order valence-electron chi connectivity index (χ1n) is 19.5. The number of alkyl halides is 3. The number of Topliss-reactive ketones (excluding diaryl/α,β-unsaturated/α-hetero) is 1. The molecular weight excluding hydrogens is 679 g/mol. The molecule has 2 aliphatic heterocycles. The second-order valence-corrected chi connectivity index (χ2v) is 18.0. The zero-order valence-electron chi connectivity index (χ0n) is 30.6. The van der Waals surface area contributed by atoms with E-state index in [2.05, 4.69) is 41.1 Å². The predicted molar refractivity (Wildman–Crippen MR) is 195 cm³/mol. The van der Waals surface area contributed by atoms with Gasteiger partial charge in [-0.25, -0.2) is 0 Å². The van der Waals surface area contributed by atoms with Gasteiger partial charge in [-0.3, -0.25) is 9.59 Å². The fourth-order valence-corrected chi connectivity index (χ4v) is 13.1. The van der Waals surface area contributed by atoms with E-state index in [-0.39, 0.29) is 34.5 Å². The summed E-state index contributed by atoms with van der Waals surface area (Å²) in [5.74, 6) is -0.396. The highest BCUT2D eigenvalue weighted by Crippen LogP contribution is 2.78. The number of hydrogen-bond donors (Lipinski definition) is 3. The number of β-amino-alcohol motifs (C(OH)–C–C–N with tert-alkyl or cyclic N) is 1. The lowest BCUT2D eigenvalue weighted by Crippen LogP contribution is -2.67. The number of amides is 1. The van der Waals surface area contributed by atoms with Crippen LogP contribution in [0.2, 0.25) is 0 Å². The number of hydrogen-bond acceptors (Lipinski definition) is 6. The topological polar surface area (TPSA) is 93.1 Å². The number of fused-ring (bicyclic) bond motifs is 1. The van der Waals surface area contributed by atoms with Crippen molar-refractivity contribution in [3.05, 3.63) is 89.5 Å². The molecule has 3 spiro atoms. The van der Waals surface area contributed by atoms with E-state index in [1.54, 1.807) is 0 Å². The van der Waals surface area contributed by atoms with Gasteiger partial charge in [0.2, 0.25) is 5.91 Å². The van der Waals surface area contributed by atoms with Crippen LogP contribution in [0.4, 0.5) is 18.9 Å². The Balaban J connectivity index is 1.05. The van der Waals surface area contributed by atoms with Crippen molar-refractivity contribution in [2.75, 3.05) is 31.2 Å². The molecule has 5 fully saturated rings. The number of nitrogens with one attached hydrogen (secondary N) is 1. The van der Waals surface area contributed by atoms with Crippen LogP contribution in [0, 0.1) is 33.5 Å². The largest absolute Gasteiger partial charge is 0.416 e. The molecule has 8 unspecified atom stereocenters. The van der Waals surface area contributed by atoms with Crippen LogP contribution in [0.15, 0.2) is 78.4 Å². The molecule has 2 bridgehead atoms. The number of aliphatic hydroxyl groups excluding tert-OH is 1. The van der Waals surface area contributed by atoms with Crippen LogP contribution in [-0.4, -0.2) is 70.4 Å². The van der Waals surface area contributed by atoms with Crippen molar-refractivity contribution in [2.24, 2.45) is 33.5 Å². The van der Waals surface area contributed by atoms with E-state index in [0.29, 0.717) is 70.4 Å². The number of rotatable bonds is 5. The standard InChI is InChI=1S/C43H50F3N3O4/c1-37-14-11-31(50)24-39(37)17-18-42(32(25-39)35(51)28-7-6-8-29(23-28)43(44,45)46)33(37)12-15-38(2)34(42)13-16-41(38,53)26-48-21-19-40(20-22-48)36(52)47-27-49(40)30-9-4-3-5-10-30/h3-10,17-18,23,25,31,33-34,50,53H,11-16,19-22,24,26-27H2,1-2H3,(H,47,52). The molecule has 8 atom stereocenters. The molecule has 10 heteroatoms. The Bertz CT molecular complexity index is 1910. The molecule has 2 aromatic carbocycles. The fraction of sp³-hybridized carbons (Fsp3) is 0.581. The fourth-order valence-electron chi connectivity index (χ4n) is 13.1.